The Balaban J connectivity index is 2.46. The van der Waals surface area contributed by atoms with Crippen molar-refractivity contribution in [1.29, 1.82) is 0 Å². The maximum Gasteiger partial charge on any atom is 0.0561 e. The van der Waals surface area contributed by atoms with Crippen LogP contribution in [0.1, 0.15) is 50.4 Å². The van der Waals surface area contributed by atoms with Crippen molar-refractivity contribution in [3.63, 3.8) is 0 Å². The fourth-order valence-corrected chi connectivity index (χ4v) is 3.12. The van der Waals surface area contributed by atoms with Gasteiger partial charge in [0.2, 0.25) is 0 Å². The number of hydrogen-bond acceptors (Lipinski definition) is 3. The van der Waals surface area contributed by atoms with Crippen molar-refractivity contribution in [2.75, 3.05) is 20.6 Å². The average molecular weight is 268 g/mol. The molecule has 1 aromatic heterocycles. The molecule has 0 amide bonds. The van der Waals surface area contributed by atoms with Gasteiger partial charge in [-0.15, -0.1) is 11.3 Å². The van der Waals surface area contributed by atoms with Crippen molar-refractivity contribution in [2.45, 2.75) is 51.6 Å². The Morgan fingerprint density at radius 2 is 2.11 bits per heavy atom. The molecule has 1 aromatic rings. The van der Waals surface area contributed by atoms with Gasteiger partial charge in [0.25, 0.3) is 0 Å². The van der Waals surface area contributed by atoms with Crippen LogP contribution in [0.5, 0.6) is 0 Å². The predicted molar refractivity (Wildman–Crippen MR) is 82.4 cm³/mol. The van der Waals surface area contributed by atoms with Crippen molar-refractivity contribution in [3.8, 4) is 0 Å². The van der Waals surface area contributed by atoms with Crippen LogP contribution >= 0.6 is 11.3 Å². The molecular weight excluding hydrogens is 240 g/mol. The number of rotatable bonds is 9. The molecule has 0 aliphatic carbocycles. The Labute approximate surface area is 116 Å². The summed E-state index contributed by atoms with van der Waals surface area (Å²) in [6.45, 7) is 5.60. The monoisotopic (exact) mass is 268 g/mol. The summed E-state index contributed by atoms with van der Waals surface area (Å²) in [6, 6.07) is 5.56. The highest BCUT2D eigenvalue weighted by Crippen LogP contribution is 2.22. The molecule has 0 fully saturated rings. The highest BCUT2D eigenvalue weighted by Gasteiger charge is 2.16. The molecule has 18 heavy (non-hydrogen) atoms. The molecule has 2 unspecified atom stereocenters. The van der Waals surface area contributed by atoms with Crippen LogP contribution in [0.25, 0.3) is 0 Å². The fraction of sp³-hybridized carbons (Fsp3) is 0.733. The third-order valence-corrected chi connectivity index (χ3v) is 4.47. The molecule has 104 valence electrons. The SMILES string of the molecule is CCCCC(CC)NCC(c1cccs1)N(C)C. The highest BCUT2D eigenvalue weighted by atomic mass is 32.1. The summed E-state index contributed by atoms with van der Waals surface area (Å²) in [5, 5.41) is 5.91. The van der Waals surface area contributed by atoms with E-state index in [1.165, 1.54) is 30.6 Å². The Kier molecular flexibility index (Phi) is 7.56. The standard InChI is InChI=1S/C15H28N2S/c1-5-7-9-13(6-2)16-12-14(17(3)4)15-10-8-11-18-15/h8,10-11,13-14,16H,5-7,9,12H2,1-4H3. The van der Waals surface area contributed by atoms with Crippen LogP contribution in [-0.2, 0) is 0 Å². The predicted octanol–water partition coefficient (Wildman–Crippen LogP) is 3.91. The zero-order valence-electron chi connectivity index (χ0n) is 12.3. The third-order valence-electron chi connectivity index (χ3n) is 3.49. The second-order valence-corrected chi connectivity index (χ2v) is 6.13. The minimum Gasteiger partial charge on any atom is -0.312 e. The molecule has 1 N–H and O–H groups in total. The van der Waals surface area contributed by atoms with Gasteiger partial charge in [-0.3, -0.25) is 0 Å². The van der Waals surface area contributed by atoms with Crippen molar-refractivity contribution >= 4 is 11.3 Å². The Morgan fingerprint density at radius 1 is 1.33 bits per heavy atom. The number of likely N-dealkylation sites (N-methyl/N-ethyl adjacent to an activating group) is 1. The molecular formula is C15H28N2S. The minimum atomic E-state index is 0.501. The second kappa shape index (κ2) is 8.68. The van der Waals surface area contributed by atoms with E-state index in [9.17, 15) is 0 Å². The van der Waals surface area contributed by atoms with E-state index in [4.69, 9.17) is 0 Å². The number of nitrogens with one attached hydrogen (secondary N) is 1. The lowest BCUT2D eigenvalue weighted by atomic mass is 10.1. The van der Waals surface area contributed by atoms with Crippen LogP contribution in [0.15, 0.2) is 17.5 Å². The van der Waals surface area contributed by atoms with Crippen LogP contribution < -0.4 is 5.32 Å². The van der Waals surface area contributed by atoms with Gasteiger partial charge in [-0.2, -0.15) is 0 Å². The molecule has 0 saturated heterocycles. The maximum atomic E-state index is 3.74. The summed E-state index contributed by atoms with van der Waals surface area (Å²) < 4.78 is 0. The molecule has 0 aliphatic heterocycles. The van der Waals surface area contributed by atoms with Crippen molar-refractivity contribution < 1.29 is 0 Å². The zero-order valence-corrected chi connectivity index (χ0v) is 13.1. The highest BCUT2D eigenvalue weighted by molar-refractivity contribution is 7.10. The first kappa shape index (κ1) is 15.7. The fourth-order valence-electron chi connectivity index (χ4n) is 2.20. The van der Waals surface area contributed by atoms with E-state index < -0.39 is 0 Å². The van der Waals surface area contributed by atoms with Gasteiger partial charge in [0.15, 0.2) is 0 Å². The zero-order chi connectivity index (χ0) is 13.4. The number of hydrogen-bond donors (Lipinski definition) is 1. The summed E-state index contributed by atoms with van der Waals surface area (Å²) in [4.78, 5) is 3.77. The van der Waals surface area contributed by atoms with E-state index in [1.54, 1.807) is 0 Å². The lowest BCUT2D eigenvalue weighted by Crippen LogP contribution is -2.36. The molecule has 0 radical (unpaired) electrons. The maximum absolute atomic E-state index is 3.74. The normalized spacial score (nSPS) is 14.9. The first-order valence-electron chi connectivity index (χ1n) is 7.12. The Bertz CT molecular complexity index is 295. The third kappa shape index (κ3) is 5.09. The van der Waals surface area contributed by atoms with Gasteiger partial charge in [-0.05, 0) is 38.4 Å². The molecule has 0 bridgehead atoms. The molecule has 2 nitrogen and oxygen atoms in total. The van der Waals surface area contributed by atoms with E-state index in [0.717, 1.165) is 6.54 Å². The van der Waals surface area contributed by atoms with Crippen LogP contribution in [0.4, 0.5) is 0 Å². The van der Waals surface area contributed by atoms with Gasteiger partial charge >= 0.3 is 0 Å². The molecule has 1 heterocycles. The van der Waals surface area contributed by atoms with Crippen LogP contribution in [0.3, 0.4) is 0 Å². The van der Waals surface area contributed by atoms with Crippen molar-refractivity contribution in [1.82, 2.24) is 10.2 Å². The Morgan fingerprint density at radius 3 is 2.61 bits per heavy atom. The number of thiophene rings is 1. The Hall–Kier alpha value is -0.380. The number of nitrogens with zero attached hydrogens (tertiary/aromatic N) is 1. The van der Waals surface area contributed by atoms with E-state index in [2.05, 4.69) is 55.7 Å². The quantitative estimate of drug-likeness (QED) is 0.730. The molecule has 0 aliphatic rings. The van der Waals surface area contributed by atoms with Gasteiger partial charge in [-0.25, -0.2) is 0 Å². The van der Waals surface area contributed by atoms with Gasteiger partial charge in [0.1, 0.15) is 0 Å². The molecule has 3 heteroatoms. The largest absolute Gasteiger partial charge is 0.312 e. The van der Waals surface area contributed by atoms with E-state index in [0.29, 0.717) is 12.1 Å². The molecule has 1 rings (SSSR count). The average Bonchev–Trinajstić information content (AvgIpc) is 2.86. The first-order chi connectivity index (χ1) is 8.69. The summed E-state index contributed by atoms with van der Waals surface area (Å²) >= 11 is 1.85. The van der Waals surface area contributed by atoms with Crippen molar-refractivity contribution in [2.24, 2.45) is 0 Å². The lowest BCUT2D eigenvalue weighted by Gasteiger charge is -2.26. The van der Waals surface area contributed by atoms with Crippen LogP contribution in [0, 0.1) is 0 Å². The summed E-state index contributed by atoms with van der Waals surface area (Å²) in [5.74, 6) is 0. The molecule has 0 aromatic carbocycles. The molecule has 2 atom stereocenters. The van der Waals surface area contributed by atoms with E-state index >= 15 is 0 Å². The van der Waals surface area contributed by atoms with Gasteiger partial charge in [0, 0.05) is 17.5 Å². The van der Waals surface area contributed by atoms with E-state index in [1.807, 2.05) is 11.3 Å². The summed E-state index contributed by atoms with van der Waals surface area (Å²) in [7, 11) is 4.33. The topological polar surface area (TPSA) is 15.3 Å². The smallest absolute Gasteiger partial charge is 0.0561 e. The van der Waals surface area contributed by atoms with Gasteiger partial charge < -0.3 is 10.2 Å². The van der Waals surface area contributed by atoms with E-state index in [-0.39, 0.29) is 0 Å². The van der Waals surface area contributed by atoms with Crippen molar-refractivity contribution in [3.05, 3.63) is 22.4 Å². The van der Waals surface area contributed by atoms with Gasteiger partial charge in [0.05, 0.1) is 6.04 Å². The van der Waals surface area contributed by atoms with Gasteiger partial charge in [-0.1, -0.05) is 32.8 Å². The van der Waals surface area contributed by atoms with Crippen LogP contribution in [-0.4, -0.2) is 31.6 Å². The minimum absolute atomic E-state index is 0.501. The summed E-state index contributed by atoms with van der Waals surface area (Å²) in [6.07, 6.45) is 5.15. The number of unbranched alkanes of at least 4 members (excludes halogenated alkanes) is 1. The summed E-state index contributed by atoms with van der Waals surface area (Å²) in [5.41, 5.74) is 0. The van der Waals surface area contributed by atoms with Crippen LogP contribution in [0.2, 0.25) is 0 Å². The molecule has 0 saturated carbocycles. The molecule has 0 spiro atoms. The first-order valence-corrected chi connectivity index (χ1v) is 8.00. The lowest BCUT2D eigenvalue weighted by molar-refractivity contribution is 0.278. The second-order valence-electron chi connectivity index (χ2n) is 5.15.